The highest BCUT2D eigenvalue weighted by Crippen LogP contribution is 2.42. The number of nitrogens with zero attached hydrogens (tertiary/aromatic N) is 1. The molecule has 2 fully saturated rings. The van der Waals surface area contributed by atoms with Gasteiger partial charge in [0.15, 0.2) is 0 Å². The van der Waals surface area contributed by atoms with E-state index in [4.69, 9.17) is 0 Å². The molecule has 0 aromatic heterocycles. The van der Waals surface area contributed by atoms with Gasteiger partial charge >= 0.3 is 0 Å². The van der Waals surface area contributed by atoms with Crippen LogP contribution in [0.3, 0.4) is 0 Å². The van der Waals surface area contributed by atoms with Gasteiger partial charge in [-0.25, -0.2) is 0 Å². The topological polar surface area (TPSA) is 0 Å². The summed E-state index contributed by atoms with van der Waals surface area (Å²) < 4.78 is 1.21. The zero-order valence-electron chi connectivity index (χ0n) is 20.7. The zero-order valence-corrected chi connectivity index (χ0v) is 20.7. The second kappa shape index (κ2) is 14.1. The molecule has 2 aliphatic rings. The number of hydrogen-bond donors (Lipinski definition) is 0. The Labute approximate surface area is 195 Å². The number of unbranched alkanes of at least 4 members (excludes halogenated alkanes) is 2. The summed E-state index contributed by atoms with van der Waals surface area (Å²) in [5, 5.41) is 0. The summed E-state index contributed by atoms with van der Waals surface area (Å²) in [6, 6.07) is 0. The Morgan fingerprint density at radius 1 is 0.677 bits per heavy atom. The van der Waals surface area contributed by atoms with Crippen LogP contribution in [0.4, 0.5) is 0 Å². The first-order valence-corrected chi connectivity index (χ1v) is 13.4. The first-order chi connectivity index (χ1) is 15.1. The van der Waals surface area contributed by atoms with Crippen LogP contribution < -0.4 is 0 Å². The molecule has 0 N–H and O–H groups in total. The Bertz CT molecular complexity index is 513. The molecule has 1 heterocycles. The highest BCUT2D eigenvalue weighted by atomic mass is 15.4. The molecular formula is C30H52N+. The molecule has 0 radical (unpaired) electrons. The molecular weight excluding hydrogens is 374 g/mol. The van der Waals surface area contributed by atoms with Crippen molar-refractivity contribution in [3.05, 3.63) is 50.6 Å². The molecule has 1 saturated heterocycles. The van der Waals surface area contributed by atoms with Gasteiger partial charge in [0, 0.05) is 5.92 Å². The summed E-state index contributed by atoms with van der Waals surface area (Å²) in [7, 11) is 0. The summed E-state index contributed by atoms with van der Waals surface area (Å²) in [4.78, 5) is 0. The van der Waals surface area contributed by atoms with Crippen LogP contribution in [0.1, 0.15) is 96.3 Å². The van der Waals surface area contributed by atoms with E-state index in [9.17, 15) is 0 Å². The van der Waals surface area contributed by atoms with Gasteiger partial charge in [-0.05, 0) is 68.4 Å². The van der Waals surface area contributed by atoms with Crippen LogP contribution in [0.2, 0.25) is 0 Å². The predicted molar refractivity (Wildman–Crippen MR) is 139 cm³/mol. The maximum atomic E-state index is 4.02. The van der Waals surface area contributed by atoms with Gasteiger partial charge < -0.3 is 4.48 Å². The van der Waals surface area contributed by atoms with Gasteiger partial charge in [0.2, 0.25) is 0 Å². The first-order valence-electron chi connectivity index (χ1n) is 13.4. The number of hydrogen-bond acceptors (Lipinski definition) is 0. The van der Waals surface area contributed by atoms with Crippen molar-refractivity contribution in [3.63, 3.8) is 0 Å². The van der Waals surface area contributed by atoms with E-state index < -0.39 is 0 Å². The summed E-state index contributed by atoms with van der Waals surface area (Å²) in [5.41, 5.74) is 0.472. The van der Waals surface area contributed by atoms with Crippen LogP contribution in [-0.2, 0) is 0 Å². The minimum absolute atomic E-state index is 0.472. The Morgan fingerprint density at radius 3 is 1.77 bits per heavy atom. The van der Waals surface area contributed by atoms with Crippen molar-refractivity contribution in [2.75, 3.05) is 26.2 Å². The first kappa shape index (κ1) is 26.2. The van der Waals surface area contributed by atoms with Crippen molar-refractivity contribution in [2.24, 2.45) is 17.3 Å². The second-order valence-electron chi connectivity index (χ2n) is 11.0. The third-order valence-electron chi connectivity index (χ3n) is 8.44. The van der Waals surface area contributed by atoms with Crippen LogP contribution in [0.5, 0.6) is 0 Å². The predicted octanol–water partition coefficient (Wildman–Crippen LogP) is 8.64. The Hall–Kier alpha value is -1.08. The number of rotatable bonds is 14. The fourth-order valence-corrected chi connectivity index (χ4v) is 6.87. The number of quaternary nitrogens is 1. The third kappa shape index (κ3) is 8.76. The molecule has 1 saturated carbocycles. The van der Waals surface area contributed by atoms with Gasteiger partial charge in [0.05, 0.1) is 26.2 Å². The zero-order chi connectivity index (χ0) is 22.4. The number of piperidine rings is 1. The highest BCUT2D eigenvalue weighted by Gasteiger charge is 2.33. The van der Waals surface area contributed by atoms with E-state index in [1.807, 2.05) is 0 Å². The molecule has 0 amide bonds. The minimum Gasteiger partial charge on any atom is -0.317 e. The second-order valence-corrected chi connectivity index (χ2v) is 11.0. The maximum absolute atomic E-state index is 4.02. The number of likely N-dealkylation sites (tertiary alicyclic amines) is 1. The molecule has 176 valence electrons. The van der Waals surface area contributed by atoms with E-state index in [1.165, 1.54) is 114 Å². The van der Waals surface area contributed by atoms with Crippen molar-refractivity contribution in [1.82, 2.24) is 0 Å². The molecule has 0 aromatic carbocycles. The standard InChI is InChI=1S/C30H52N/c1-5-20-30(21-6-2)22-12-17-28(18-13-23-30)15-10-9-11-16-29-19-14-26-31(27-29,24-7-3)25-8-4/h5-8,28-29H,1-4,9-27H2/q+1. The van der Waals surface area contributed by atoms with Crippen LogP contribution >= 0.6 is 0 Å². The fourth-order valence-electron chi connectivity index (χ4n) is 6.87. The van der Waals surface area contributed by atoms with Gasteiger partial charge in [-0.2, -0.15) is 0 Å². The van der Waals surface area contributed by atoms with Crippen molar-refractivity contribution >= 4 is 0 Å². The van der Waals surface area contributed by atoms with Crippen molar-refractivity contribution < 1.29 is 4.48 Å². The lowest BCUT2D eigenvalue weighted by molar-refractivity contribution is -0.925. The molecule has 1 aliphatic carbocycles. The van der Waals surface area contributed by atoms with Crippen LogP contribution in [0.25, 0.3) is 0 Å². The van der Waals surface area contributed by atoms with E-state index in [1.54, 1.807) is 0 Å². The summed E-state index contributed by atoms with van der Waals surface area (Å²) in [6.45, 7) is 21.0. The molecule has 0 bridgehead atoms. The smallest absolute Gasteiger partial charge is 0.0973 e. The Morgan fingerprint density at radius 2 is 1.23 bits per heavy atom. The molecule has 1 nitrogen and oxygen atoms in total. The molecule has 2 rings (SSSR count). The summed E-state index contributed by atoms with van der Waals surface area (Å²) in [5.74, 6) is 1.89. The van der Waals surface area contributed by atoms with E-state index in [0.29, 0.717) is 5.41 Å². The van der Waals surface area contributed by atoms with Gasteiger partial charge in [0.1, 0.15) is 0 Å². The molecule has 1 atom stereocenters. The molecule has 1 aliphatic heterocycles. The lowest BCUT2D eigenvalue weighted by Gasteiger charge is -2.43. The van der Waals surface area contributed by atoms with Crippen molar-refractivity contribution in [2.45, 2.75) is 96.3 Å². The number of allylic oxidation sites excluding steroid dienone is 2. The quantitative estimate of drug-likeness (QED) is 0.148. The average molecular weight is 427 g/mol. The van der Waals surface area contributed by atoms with Gasteiger partial charge in [-0.1, -0.05) is 76.7 Å². The van der Waals surface area contributed by atoms with E-state index in [0.717, 1.165) is 24.9 Å². The largest absolute Gasteiger partial charge is 0.317 e. The Kier molecular flexibility index (Phi) is 11.9. The van der Waals surface area contributed by atoms with Crippen LogP contribution in [-0.4, -0.2) is 30.7 Å². The molecule has 0 aromatic rings. The normalized spacial score (nSPS) is 23.9. The highest BCUT2D eigenvalue weighted by molar-refractivity contribution is 4.92. The lowest BCUT2D eigenvalue weighted by Crippen LogP contribution is -2.54. The lowest BCUT2D eigenvalue weighted by atomic mass is 9.70. The summed E-state index contributed by atoms with van der Waals surface area (Å²) in [6.07, 6.45) is 29.4. The molecule has 1 unspecified atom stereocenters. The van der Waals surface area contributed by atoms with Gasteiger partial charge in [0.25, 0.3) is 0 Å². The van der Waals surface area contributed by atoms with Gasteiger partial charge in [-0.3, -0.25) is 0 Å². The monoisotopic (exact) mass is 426 g/mol. The van der Waals surface area contributed by atoms with Crippen molar-refractivity contribution in [1.29, 1.82) is 0 Å². The van der Waals surface area contributed by atoms with Gasteiger partial charge in [-0.15, -0.1) is 13.2 Å². The van der Waals surface area contributed by atoms with E-state index in [2.05, 4.69) is 50.6 Å². The molecule has 31 heavy (non-hydrogen) atoms. The maximum Gasteiger partial charge on any atom is 0.0973 e. The van der Waals surface area contributed by atoms with Crippen LogP contribution in [0.15, 0.2) is 50.6 Å². The molecule has 0 spiro atoms. The van der Waals surface area contributed by atoms with Crippen LogP contribution in [0, 0.1) is 17.3 Å². The van der Waals surface area contributed by atoms with E-state index in [-0.39, 0.29) is 0 Å². The molecule has 1 heteroatoms. The summed E-state index contributed by atoms with van der Waals surface area (Å²) >= 11 is 0. The fraction of sp³-hybridized carbons (Fsp3) is 0.733. The minimum atomic E-state index is 0.472. The average Bonchev–Trinajstić information content (AvgIpc) is 2.72. The SMILES string of the molecule is C=CCC1(CC=C)CCCC(CCCCCC2CCC[N+](CC=C)(CC=C)C2)CCC1. The Balaban J connectivity index is 1.65. The van der Waals surface area contributed by atoms with Crippen molar-refractivity contribution in [3.8, 4) is 0 Å². The van der Waals surface area contributed by atoms with E-state index >= 15 is 0 Å². The third-order valence-corrected chi connectivity index (χ3v) is 8.44.